The minimum absolute atomic E-state index is 0.0451. The van der Waals surface area contributed by atoms with Gasteiger partial charge in [-0.3, -0.25) is 0 Å². The van der Waals surface area contributed by atoms with E-state index in [9.17, 15) is 9.59 Å². The smallest absolute Gasteiger partial charge is 0.332 e. The van der Waals surface area contributed by atoms with Crippen LogP contribution in [0.1, 0.15) is 20.3 Å². The number of aliphatic carboxylic acids is 1. The van der Waals surface area contributed by atoms with E-state index in [0.29, 0.717) is 26.2 Å². The number of hydrogen-bond donors (Lipinski definition) is 1. The maximum absolute atomic E-state index is 10.9. The van der Waals surface area contributed by atoms with Gasteiger partial charge in [-0.2, -0.15) is 0 Å². The Balaban J connectivity index is 3.35. The molecule has 0 aromatic carbocycles. The molecule has 1 unspecified atom stereocenters. The lowest BCUT2D eigenvalue weighted by molar-refractivity contribution is -0.149. The van der Waals surface area contributed by atoms with E-state index in [0.717, 1.165) is 0 Å². The molecule has 0 aromatic rings. The van der Waals surface area contributed by atoms with Crippen LogP contribution in [0.5, 0.6) is 0 Å². The molecular weight excluding hydrogens is 228 g/mol. The van der Waals surface area contributed by atoms with Crippen molar-refractivity contribution < 1.29 is 28.9 Å². The van der Waals surface area contributed by atoms with E-state index in [2.05, 4.69) is 4.74 Å². The van der Waals surface area contributed by atoms with Gasteiger partial charge in [-0.15, -0.1) is 0 Å². The molecule has 0 heterocycles. The largest absolute Gasteiger partial charge is 0.480 e. The first-order valence-electron chi connectivity index (χ1n) is 5.59. The molecule has 0 saturated carbocycles. The molecule has 6 nitrogen and oxygen atoms in total. The SMILES string of the molecule is CCOC(=O)COCCC(C)COCC(=O)O. The molecule has 0 aliphatic carbocycles. The molecule has 0 fully saturated rings. The van der Waals surface area contributed by atoms with Gasteiger partial charge in [-0.25, -0.2) is 9.59 Å². The Morgan fingerprint density at radius 3 is 2.53 bits per heavy atom. The Morgan fingerprint density at radius 1 is 1.24 bits per heavy atom. The second-order valence-electron chi connectivity index (χ2n) is 3.66. The van der Waals surface area contributed by atoms with E-state index >= 15 is 0 Å². The first kappa shape index (κ1) is 15.9. The van der Waals surface area contributed by atoms with Crippen LogP contribution in [0.2, 0.25) is 0 Å². The van der Waals surface area contributed by atoms with Gasteiger partial charge in [-0.05, 0) is 19.3 Å². The summed E-state index contributed by atoms with van der Waals surface area (Å²) in [5.41, 5.74) is 0. The summed E-state index contributed by atoms with van der Waals surface area (Å²) in [5, 5.41) is 8.35. The maximum atomic E-state index is 10.9. The Bertz CT molecular complexity index is 228. The summed E-state index contributed by atoms with van der Waals surface area (Å²) in [5.74, 6) is -1.16. The van der Waals surface area contributed by atoms with Gasteiger partial charge in [0.25, 0.3) is 0 Å². The van der Waals surface area contributed by atoms with Crippen LogP contribution < -0.4 is 0 Å². The third-order valence-electron chi connectivity index (χ3n) is 1.91. The summed E-state index contributed by atoms with van der Waals surface area (Å²) in [6.07, 6.45) is 0.707. The number of ether oxygens (including phenoxy) is 3. The van der Waals surface area contributed by atoms with E-state index in [-0.39, 0.29) is 25.1 Å². The van der Waals surface area contributed by atoms with Gasteiger partial charge < -0.3 is 19.3 Å². The summed E-state index contributed by atoms with van der Waals surface area (Å²) in [7, 11) is 0. The third-order valence-corrected chi connectivity index (χ3v) is 1.91. The van der Waals surface area contributed by atoms with Gasteiger partial charge in [0.1, 0.15) is 13.2 Å². The Hall–Kier alpha value is -1.14. The summed E-state index contributed by atoms with van der Waals surface area (Å²) < 4.78 is 14.7. The highest BCUT2D eigenvalue weighted by Gasteiger charge is 2.06. The first-order chi connectivity index (χ1) is 8.06. The lowest BCUT2D eigenvalue weighted by atomic mass is 10.1. The average molecular weight is 248 g/mol. The third kappa shape index (κ3) is 11.1. The predicted octanol–water partition coefficient (Wildman–Crippen LogP) is 0.694. The fourth-order valence-corrected chi connectivity index (χ4v) is 1.07. The van der Waals surface area contributed by atoms with E-state index in [4.69, 9.17) is 14.6 Å². The zero-order valence-corrected chi connectivity index (χ0v) is 10.3. The topological polar surface area (TPSA) is 82.1 Å². The van der Waals surface area contributed by atoms with Crippen molar-refractivity contribution in [1.82, 2.24) is 0 Å². The fourth-order valence-electron chi connectivity index (χ4n) is 1.07. The number of esters is 1. The number of carbonyl (C=O) groups is 2. The zero-order valence-electron chi connectivity index (χ0n) is 10.3. The number of hydrogen-bond acceptors (Lipinski definition) is 5. The van der Waals surface area contributed by atoms with Crippen LogP contribution in [0.4, 0.5) is 0 Å². The average Bonchev–Trinajstić information content (AvgIpc) is 2.24. The van der Waals surface area contributed by atoms with Crippen molar-refractivity contribution in [2.75, 3.05) is 33.0 Å². The van der Waals surface area contributed by atoms with Gasteiger partial charge in [-0.1, -0.05) is 6.92 Å². The van der Waals surface area contributed by atoms with Crippen molar-refractivity contribution in [3.05, 3.63) is 0 Å². The van der Waals surface area contributed by atoms with E-state index < -0.39 is 5.97 Å². The first-order valence-corrected chi connectivity index (χ1v) is 5.59. The van der Waals surface area contributed by atoms with Crippen LogP contribution in [0.3, 0.4) is 0 Å². The molecule has 17 heavy (non-hydrogen) atoms. The Morgan fingerprint density at radius 2 is 1.94 bits per heavy atom. The Labute approximate surface area is 101 Å². The maximum Gasteiger partial charge on any atom is 0.332 e. The normalized spacial score (nSPS) is 12.1. The van der Waals surface area contributed by atoms with Crippen molar-refractivity contribution >= 4 is 11.9 Å². The number of carboxylic acids is 1. The summed E-state index contributed by atoms with van der Waals surface area (Å²) >= 11 is 0. The molecule has 0 saturated heterocycles. The van der Waals surface area contributed by atoms with E-state index in [1.165, 1.54) is 0 Å². The van der Waals surface area contributed by atoms with Crippen molar-refractivity contribution in [3.8, 4) is 0 Å². The molecule has 100 valence electrons. The summed E-state index contributed by atoms with van der Waals surface area (Å²) in [6, 6.07) is 0. The van der Waals surface area contributed by atoms with E-state index in [1.54, 1.807) is 6.92 Å². The predicted molar refractivity (Wildman–Crippen MR) is 59.7 cm³/mol. The lowest BCUT2D eigenvalue weighted by Gasteiger charge is -2.11. The molecule has 0 spiro atoms. The molecule has 1 N–H and O–H groups in total. The van der Waals surface area contributed by atoms with Crippen molar-refractivity contribution in [1.29, 1.82) is 0 Å². The Kier molecular flexibility index (Phi) is 9.37. The second-order valence-corrected chi connectivity index (χ2v) is 3.66. The summed E-state index contributed by atoms with van der Waals surface area (Å²) in [4.78, 5) is 21.1. The van der Waals surface area contributed by atoms with Crippen LogP contribution in [-0.2, 0) is 23.8 Å². The number of carbonyl (C=O) groups excluding carboxylic acids is 1. The zero-order chi connectivity index (χ0) is 13.1. The highest BCUT2D eigenvalue weighted by molar-refractivity contribution is 5.70. The second kappa shape index (κ2) is 10.0. The fraction of sp³-hybridized carbons (Fsp3) is 0.818. The highest BCUT2D eigenvalue weighted by atomic mass is 16.6. The van der Waals surface area contributed by atoms with Gasteiger partial charge in [0.05, 0.1) is 6.61 Å². The molecule has 0 radical (unpaired) electrons. The van der Waals surface area contributed by atoms with Gasteiger partial charge in [0.2, 0.25) is 0 Å². The number of carboxylic acid groups (broad SMARTS) is 1. The molecule has 0 aliphatic rings. The van der Waals surface area contributed by atoms with Crippen LogP contribution in [0, 0.1) is 5.92 Å². The number of rotatable bonds is 10. The van der Waals surface area contributed by atoms with Crippen LogP contribution in [0.25, 0.3) is 0 Å². The van der Waals surface area contributed by atoms with Crippen molar-refractivity contribution in [3.63, 3.8) is 0 Å². The summed E-state index contributed by atoms with van der Waals surface area (Å²) in [6.45, 7) is 4.48. The van der Waals surface area contributed by atoms with Gasteiger partial charge in [0, 0.05) is 13.2 Å². The van der Waals surface area contributed by atoms with Gasteiger partial charge in [0.15, 0.2) is 0 Å². The monoisotopic (exact) mass is 248 g/mol. The molecule has 0 bridgehead atoms. The van der Waals surface area contributed by atoms with Crippen LogP contribution >= 0.6 is 0 Å². The van der Waals surface area contributed by atoms with Crippen LogP contribution in [-0.4, -0.2) is 50.1 Å². The van der Waals surface area contributed by atoms with Crippen molar-refractivity contribution in [2.24, 2.45) is 5.92 Å². The quantitative estimate of drug-likeness (QED) is 0.452. The molecule has 0 aliphatic heterocycles. The molecule has 0 amide bonds. The molecular formula is C11H20O6. The van der Waals surface area contributed by atoms with Gasteiger partial charge >= 0.3 is 11.9 Å². The van der Waals surface area contributed by atoms with E-state index in [1.807, 2.05) is 6.92 Å². The lowest BCUT2D eigenvalue weighted by Crippen LogP contribution is -2.16. The molecule has 0 rings (SSSR count). The minimum Gasteiger partial charge on any atom is -0.480 e. The van der Waals surface area contributed by atoms with Crippen LogP contribution in [0.15, 0.2) is 0 Å². The molecule has 0 aromatic heterocycles. The van der Waals surface area contributed by atoms with Crippen molar-refractivity contribution in [2.45, 2.75) is 20.3 Å². The standard InChI is InChI=1S/C11H20O6/c1-3-17-11(14)8-15-5-4-9(2)6-16-7-10(12)13/h9H,3-8H2,1-2H3,(H,12,13). The highest BCUT2D eigenvalue weighted by Crippen LogP contribution is 2.02. The molecule has 1 atom stereocenters. The minimum atomic E-state index is -0.976. The molecule has 6 heteroatoms.